The first-order chi connectivity index (χ1) is 15.7. The minimum absolute atomic E-state index is 0.0279. The maximum atomic E-state index is 10.5. The van der Waals surface area contributed by atoms with E-state index in [0.29, 0.717) is 23.7 Å². The highest BCUT2D eigenvalue weighted by Gasteiger charge is 2.17. The number of rotatable bonds is 6. The third-order valence-corrected chi connectivity index (χ3v) is 5.58. The number of para-hydroxylation sites is 1. The summed E-state index contributed by atoms with van der Waals surface area (Å²) in [6.45, 7) is 0. The van der Waals surface area contributed by atoms with Gasteiger partial charge in [-0.15, -0.1) is 5.10 Å². The number of hydrogen-bond donors (Lipinski definition) is 2. The van der Waals surface area contributed by atoms with Crippen molar-refractivity contribution in [3.63, 3.8) is 0 Å². The molecule has 158 valence electrons. The first-order valence-corrected chi connectivity index (χ1v) is 10.7. The Labute approximate surface area is 190 Å². The monoisotopic (exact) mass is 440 g/mol. The van der Waals surface area contributed by atoms with Gasteiger partial charge in [-0.2, -0.15) is 22.1 Å². The van der Waals surface area contributed by atoms with Gasteiger partial charge >= 0.3 is 0 Å². The van der Waals surface area contributed by atoms with E-state index in [2.05, 4.69) is 15.1 Å². The zero-order valence-electron chi connectivity index (χ0n) is 17.0. The summed E-state index contributed by atoms with van der Waals surface area (Å²) in [6, 6.07) is 28.8. The van der Waals surface area contributed by atoms with E-state index in [1.165, 1.54) is 4.52 Å². The molecule has 0 bridgehead atoms. The molecule has 3 aromatic carbocycles. The van der Waals surface area contributed by atoms with Gasteiger partial charge in [-0.3, -0.25) is 0 Å². The van der Waals surface area contributed by atoms with Gasteiger partial charge in [0.15, 0.2) is 5.82 Å². The molecular weight excluding hydrogens is 420 g/mol. The summed E-state index contributed by atoms with van der Waals surface area (Å²) in [4.78, 5) is 9.08. The van der Waals surface area contributed by atoms with Crippen LogP contribution in [0, 0.1) is 0 Å². The van der Waals surface area contributed by atoms with E-state index in [-0.39, 0.29) is 11.1 Å². The van der Waals surface area contributed by atoms with E-state index >= 15 is 0 Å². The third kappa shape index (κ3) is 4.29. The first-order valence-electron chi connectivity index (χ1n) is 10.2. The summed E-state index contributed by atoms with van der Waals surface area (Å²) < 4.78 is 7.19. The Bertz CT molecular complexity index is 1340. The Morgan fingerprint density at radius 2 is 1.50 bits per heavy atom. The van der Waals surface area contributed by atoms with E-state index < -0.39 is 0 Å². The number of benzene rings is 3. The van der Waals surface area contributed by atoms with Crippen molar-refractivity contribution in [2.75, 3.05) is 0 Å². The molecule has 7 heteroatoms. The highest BCUT2D eigenvalue weighted by molar-refractivity contribution is 7.80. The fourth-order valence-electron chi connectivity index (χ4n) is 3.42. The Morgan fingerprint density at radius 3 is 2.22 bits per heavy atom. The minimum Gasteiger partial charge on any atom is -0.493 e. The summed E-state index contributed by atoms with van der Waals surface area (Å²) in [5, 5.41) is 14.5. The van der Waals surface area contributed by atoms with Crippen LogP contribution in [-0.2, 0) is 6.42 Å². The Hall–Kier alpha value is -3.84. The molecule has 32 heavy (non-hydrogen) atoms. The summed E-state index contributed by atoms with van der Waals surface area (Å²) in [5.41, 5.74) is 2.61. The summed E-state index contributed by atoms with van der Waals surface area (Å²) in [5.74, 6) is 2.41. The van der Waals surface area contributed by atoms with Crippen LogP contribution in [0.3, 0.4) is 0 Å². The number of fused-ring (bicyclic) bond motifs is 1. The van der Waals surface area contributed by atoms with Crippen molar-refractivity contribution in [1.82, 2.24) is 19.6 Å². The lowest BCUT2D eigenvalue weighted by Gasteiger charge is -2.12. The summed E-state index contributed by atoms with van der Waals surface area (Å²) in [6.07, 6.45) is 0.562. The van der Waals surface area contributed by atoms with Crippen molar-refractivity contribution < 1.29 is 9.84 Å². The molecule has 0 radical (unpaired) electrons. The fraction of sp³-hybridized carbons (Fsp3) is 0.0800. The number of aromatic nitrogens is 4. The second-order valence-corrected chi connectivity index (χ2v) is 7.84. The molecule has 0 amide bonds. The highest BCUT2D eigenvalue weighted by Crippen LogP contribution is 2.31. The average molecular weight is 441 g/mol. The van der Waals surface area contributed by atoms with Crippen LogP contribution in [0.5, 0.6) is 17.4 Å². The molecule has 1 N–H and O–H groups in total. The topological polar surface area (TPSA) is 72.5 Å². The predicted molar refractivity (Wildman–Crippen MR) is 125 cm³/mol. The maximum absolute atomic E-state index is 10.5. The van der Waals surface area contributed by atoms with Crippen LogP contribution in [0.15, 0.2) is 91.0 Å². The second-order valence-electron chi connectivity index (χ2n) is 7.33. The lowest BCUT2D eigenvalue weighted by Crippen LogP contribution is -2.01. The van der Waals surface area contributed by atoms with Gasteiger partial charge in [-0.1, -0.05) is 60.7 Å². The number of nitrogens with zero attached hydrogens (tertiary/aromatic N) is 4. The van der Waals surface area contributed by atoms with Gasteiger partial charge in [-0.25, -0.2) is 4.98 Å². The van der Waals surface area contributed by atoms with E-state index in [4.69, 9.17) is 17.4 Å². The van der Waals surface area contributed by atoms with Crippen molar-refractivity contribution in [3.05, 3.63) is 114 Å². The van der Waals surface area contributed by atoms with E-state index in [1.807, 2.05) is 84.9 Å². The summed E-state index contributed by atoms with van der Waals surface area (Å²) in [7, 11) is 0. The second kappa shape index (κ2) is 8.72. The number of ether oxygens (including phenoxy) is 1. The Morgan fingerprint density at radius 1 is 0.844 bits per heavy atom. The van der Waals surface area contributed by atoms with Crippen molar-refractivity contribution in [2.45, 2.75) is 11.7 Å². The van der Waals surface area contributed by atoms with Gasteiger partial charge < -0.3 is 9.84 Å². The molecule has 5 aromatic rings. The normalized spacial score (nSPS) is 12.0. The lowest BCUT2D eigenvalue weighted by molar-refractivity contribution is 0.433. The Kier molecular flexibility index (Phi) is 5.47. The number of thiol groups is 1. The van der Waals surface area contributed by atoms with Crippen LogP contribution >= 0.6 is 12.6 Å². The van der Waals surface area contributed by atoms with Crippen molar-refractivity contribution in [2.24, 2.45) is 0 Å². The quantitative estimate of drug-likeness (QED) is 0.354. The van der Waals surface area contributed by atoms with Crippen LogP contribution < -0.4 is 4.74 Å². The molecule has 1 unspecified atom stereocenters. The molecule has 2 heterocycles. The number of hydrogen-bond acceptors (Lipinski definition) is 6. The van der Waals surface area contributed by atoms with Gasteiger partial charge in [0.1, 0.15) is 11.5 Å². The molecule has 0 spiro atoms. The van der Waals surface area contributed by atoms with Crippen molar-refractivity contribution >= 4 is 18.4 Å². The van der Waals surface area contributed by atoms with E-state index in [0.717, 1.165) is 22.6 Å². The molecule has 0 saturated carbocycles. The molecule has 1 atom stereocenters. The van der Waals surface area contributed by atoms with Crippen LogP contribution in [0.1, 0.15) is 27.9 Å². The first kappa shape index (κ1) is 20.1. The van der Waals surface area contributed by atoms with Gasteiger partial charge in [0.25, 0.3) is 5.78 Å². The average Bonchev–Trinajstić information content (AvgIpc) is 3.23. The molecule has 0 aliphatic rings. The van der Waals surface area contributed by atoms with Crippen molar-refractivity contribution in [1.29, 1.82) is 0 Å². The third-order valence-electron chi connectivity index (χ3n) is 5.02. The van der Waals surface area contributed by atoms with Gasteiger partial charge in [0.05, 0.1) is 10.9 Å². The number of aromatic hydroxyl groups is 1. The molecule has 0 saturated heterocycles. The van der Waals surface area contributed by atoms with Gasteiger partial charge in [0.2, 0.25) is 5.88 Å². The maximum Gasteiger partial charge on any atom is 0.255 e. The molecule has 0 aliphatic heterocycles. The molecule has 0 aliphatic carbocycles. The SMILES string of the molecule is Oc1cc(C(S)c2ccc(Oc3ccccc3)cc2)nc2nc(Cc3ccccc3)nn12. The van der Waals surface area contributed by atoms with Gasteiger partial charge in [0, 0.05) is 12.5 Å². The van der Waals surface area contributed by atoms with Crippen LogP contribution in [0.2, 0.25) is 0 Å². The standard InChI is InChI=1S/C25H20N4O2S/c30-23-16-21(26-25-27-22(28-29(23)25)15-17-7-3-1-4-8-17)24(32)18-11-13-20(14-12-18)31-19-9-5-2-6-10-19/h1-14,16,24,30,32H,15H2. The van der Waals surface area contributed by atoms with Crippen LogP contribution in [0.25, 0.3) is 5.78 Å². The smallest absolute Gasteiger partial charge is 0.255 e. The van der Waals surface area contributed by atoms with Crippen LogP contribution in [0.4, 0.5) is 0 Å². The Balaban J connectivity index is 1.37. The molecule has 6 nitrogen and oxygen atoms in total. The minimum atomic E-state index is -0.342. The van der Waals surface area contributed by atoms with E-state index in [1.54, 1.807) is 6.07 Å². The zero-order valence-corrected chi connectivity index (χ0v) is 17.9. The van der Waals surface area contributed by atoms with Gasteiger partial charge in [-0.05, 0) is 35.4 Å². The highest BCUT2D eigenvalue weighted by atomic mass is 32.1. The van der Waals surface area contributed by atoms with Crippen LogP contribution in [-0.4, -0.2) is 24.7 Å². The zero-order chi connectivity index (χ0) is 21.9. The molecular formula is C25H20N4O2S. The van der Waals surface area contributed by atoms with Crippen molar-refractivity contribution in [3.8, 4) is 17.4 Å². The fourth-order valence-corrected chi connectivity index (χ4v) is 3.72. The molecule has 5 rings (SSSR count). The molecule has 2 aromatic heterocycles. The largest absolute Gasteiger partial charge is 0.493 e. The predicted octanol–water partition coefficient (Wildman–Crippen LogP) is 5.23. The molecule has 0 fully saturated rings. The van der Waals surface area contributed by atoms with E-state index in [9.17, 15) is 5.11 Å². The summed E-state index contributed by atoms with van der Waals surface area (Å²) >= 11 is 4.73. The lowest BCUT2D eigenvalue weighted by atomic mass is 10.1.